The summed E-state index contributed by atoms with van der Waals surface area (Å²) in [6.07, 6.45) is 0.598. The monoisotopic (exact) mass is 171 g/mol. The SMILES string of the molecule is CCC(N)c1cc(F)ccc1F. The Morgan fingerprint density at radius 2 is 2.08 bits per heavy atom. The van der Waals surface area contributed by atoms with E-state index in [1.165, 1.54) is 0 Å². The van der Waals surface area contributed by atoms with Gasteiger partial charge in [-0.15, -0.1) is 0 Å². The van der Waals surface area contributed by atoms with Crippen LogP contribution in [0.25, 0.3) is 0 Å². The van der Waals surface area contributed by atoms with Crippen LogP contribution in [-0.4, -0.2) is 0 Å². The van der Waals surface area contributed by atoms with Gasteiger partial charge in [0.05, 0.1) is 0 Å². The summed E-state index contributed by atoms with van der Waals surface area (Å²) >= 11 is 0. The molecule has 0 aliphatic carbocycles. The van der Waals surface area contributed by atoms with E-state index in [-0.39, 0.29) is 5.56 Å². The zero-order valence-electron chi connectivity index (χ0n) is 6.85. The minimum absolute atomic E-state index is 0.248. The van der Waals surface area contributed by atoms with Gasteiger partial charge < -0.3 is 5.73 Å². The van der Waals surface area contributed by atoms with Gasteiger partial charge in [0, 0.05) is 11.6 Å². The van der Waals surface area contributed by atoms with Crippen molar-refractivity contribution in [2.24, 2.45) is 5.73 Å². The first-order chi connectivity index (χ1) is 5.65. The lowest BCUT2D eigenvalue weighted by atomic mass is 10.1. The highest BCUT2D eigenvalue weighted by Gasteiger charge is 2.09. The predicted molar refractivity (Wildman–Crippen MR) is 43.6 cm³/mol. The van der Waals surface area contributed by atoms with E-state index >= 15 is 0 Å². The number of nitrogens with two attached hydrogens (primary N) is 1. The van der Waals surface area contributed by atoms with Crippen LogP contribution in [0.5, 0.6) is 0 Å². The maximum absolute atomic E-state index is 13.0. The second-order valence-corrected chi connectivity index (χ2v) is 2.68. The lowest BCUT2D eigenvalue weighted by molar-refractivity contribution is 0.557. The van der Waals surface area contributed by atoms with E-state index in [9.17, 15) is 8.78 Å². The molecular weight excluding hydrogens is 160 g/mol. The molecule has 1 rings (SSSR count). The molecule has 1 aromatic carbocycles. The number of hydrogen-bond donors (Lipinski definition) is 1. The van der Waals surface area contributed by atoms with Crippen LogP contribution in [0.1, 0.15) is 24.9 Å². The van der Waals surface area contributed by atoms with Gasteiger partial charge in [0.25, 0.3) is 0 Å². The maximum atomic E-state index is 13.0. The minimum Gasteiger partial charge on any atom is -0.324 e. The molecule has 0 saturated heterocycles. The fourth-order valence-electron chi connectivity index (χ4n) is 1.02. The predicted octanol–water partition coefficient (Wildman–Crippen LogP) is 2.37. The molecule has 1 unspecified atom stereocenters. The first kappa shape index (κ1) is 9.13. The van der Waals surface area contributed by atoms with Crippen molar-refractivity contribution in [3.05, 3.63) is 35.4 Å². The second kappa shape index (κ2) is 3.63. The summed E-state index contributed by atoms with van der Waals surface area (Å²) in [5.41, 5.74) is 5.80. The molecule has 0 aliphatic heterocycles. The second-order valence-electron chi connectivity index (χ2n) is 2.68. The van der Waals surface area contributed by atoms with Crippen molar-refractivity contribution in [1.29, 1.82) is 0 Å². The highest BCUT2D eigenvalue weighted by atomic mass is 19.1. The van der Waals surface area contributed by atoms with Crippen molar-refractivity contribution >= 4 is 0 Å². The molecule has 0 aliphatic rings. The fourth-order valence-corrected chi connectivity index (χ4v) is 1.02. The number of rotatable bonds is 2. The quantitative estimate of drug-likeness (QED) is 0.726. The van der Waals surface area contributed by atoms with Gasteiger partial charge in [0.1, 0.15) is 11.6 Å². The molecule has 0 bridgehead atoms. The molecule has 0 aromatic heterocycles. The summed E-state index contributed by atoms with van der Waals surface area (Å²) in [7, 11) is 0. The first-order valence-electron chi connectivity index (χ1n) is 3.85. The Morgan fingerprint density at radius 1 is 1.42 bits per heavy atom. The van der Waals surface area contributed by atoms with Crippen molar-refractivity contribution < 1.29 is 8.78 Å². The van der Waals surface area contributed by atoms with E-state index < -0.39 is 17.7 Å². The molecule has 0 saturated carbocycles. The smallest absolute Gasteiger partial charge is 0.128 e. The van der Waals surface area contributed by atoms with Crippen LogP contribution in [0.3, 0.4) is 0 Å². The molecule has 0 amide bonds. The molecule has 2 N–H and O–H groups in total. The van der Waals surface area contributed by atoms with Gasteiger partial charge in [-0.2, -0.15) is 0 Å². The Morgan fingerprint density at radius 3 is 2.67 bits per heavy atom. The Bertz CT molecular complexity index is 273. The van der Waals surface area contributed by atoms with Crippen LogP contribution in [0.15, 0.2) is 18.2 Å². The Balaban J connectivity index is 3.04. The summed E-state index contributed by atoms with van der Waals surface area (Å²) in [4.78, 5) is 0. The van der Waals surface area contributed by atoms with Gasteiger partial charge in [-0.3, -0.25) is 0 Å². The molecule has 1 nitrogen and oxygen atoms in total. The summed E-state index contributed by atoms with van der Waals surface area (Å²) in [6.45, 7) is 1.83. The molecule has 3 heteroatoms. The zero-order valence-corrected chi connectivity index (χ0v) is 6.85. The molecule has 0 spiro atoms. The molecule has 0 fully saturated rings. The Labute approximate surface area is 70.2 Å². The average molecular weight is 171 g/mol. The zero-order chi connectivity index (χ0) is 9.14. The molecule has 1 aromatic rings. The maximum Gasteiger partial charge on any atom is 0.128 e. The third-order valence-corrected chi connectivity index (χ3v) is 1.80. The van der Waals surface area contributed by atoms with Crippen LogP contribution in [0, 0.1) is 11.6 Å². The van der Waals surface area contributed by atoms with Crippen molar-refractivity contribution in [2.45, 2.75) is 19.4 Å². The van der Waals surface area contributed by atoms with E-state index in [2.05, 4.69) is 0 Å². The molecular formula is C9H11F2N. The number of benzene rings is 1. The molecule has 1 atom stereocenters. The third-order valence-electron chi connectivity index (χ3n) is 1.80. The molecule has 0 radical (unpaired) electrons. The summed E-state index contributed by atoms with van der Waals surface area (Å²) in [5, 5.41) is 0. The summed E-state index contributed by atoms with van der Waals surface area (Å²) < 4.78 is 25.6. The van der Waals surface area contributed by atoms with Crippen LogP contribution in [0.2, 0.25) is 0 Å². The van der Waals surface area contributed by atoms with E-state index in [0.29, 0.717) is 6.42 Å². The van der Waals surface area contributed by atoms with Crippen LogP contribution in [0.4, 0.5) is 8.78 Å². The van der Waals surface area contributed by atoms with Crippen LogP contribution < -0.4 is 5.73 Å². The Hall–Kier alpha value is -0.960. The topological polar surface area (TPSA) is 26.0 Å². The largest absolute Gasteiger partial charge is 0.324 e. The molecule has 0 heterocycles. The van der Waals surface area contributed by atoms with Gasteiger partial charge >= 0.3 is 0 Å². The van der Waals surface area contributed by atoms with E-state index in [4.69, 9.17) is 5.73 Å². The van der Waals surface area contributed by atoms with Gasteiger partial charge in [-0.05, 0) is 24.6 Å². The van der Waals surface area contributed by atoms with Crippen molar-refractivity contribution in [2.75, 3.05) is 0 Å². The molecule has 12 heavy (non-hydrogen) atoms. The van der Waals surface area contributed by atoms with E-state index in [1.54, 1.807) is 0 Å². The summed E-state index contributed by atoms with van der Waals surface area (Å²) in [5.74, 6) is -0.888. The van der Waals surface area contributed by atoms with Crippen molar-refractivity contribution in [3.63, 3.8) is 0 Å². The normalized spacial score (nSPS) is 13.0. The minimum atomic E-state index is -0.449. The number of halogens is 2. The van der Waals surface area contributed by atoms with Gasteiger partial charge in [-0.1, -0.05) is 6.92 Å². The van der Waals surface area contributed by atoms with Crippen molar-refractivity contribution in [3.8, 4) is 0 Å². The highest BCUT2D eigenvalue weighted by Crippen LogP contribution is 2.18. The standard InChI is InChI=1S/C9H11F2N/c1-2-9(12)7-5-6(10)3-4-8(7)11/h3-5,9H,2,12H2,1H3. The van der Waals surface area contributed by atoms with E-state index in [1.807, 2.05) is 6.92 Å². The van der Waals surface area contributed by atoms with E-state index in [0.717, 1.165) is 18.2 Å². The fraction of sp³-hybridized carbons (Fsp3) is 0.333. The van der Waals surface area contributed by atoms with Gasteiger partial charge in [0.2, 0.25) is 0 Å². The Kier molecular flexibility index (Phi) is 2.76. The lowest BCUT2D eigenvalue weighted by Crippen LogP contribution is -2.10. The number of hydrogen-bond acceptors (Lipinski definition) is 1. The van der Waals surface area contributed by atoms with Crippen LogP contribution >= 0.6 is 0 Å². The highest BCUT2D eigenvalue weighted by molar-refractivity contribution is 5.21. The average Bonchev–Trinajstić information content (AvgIpc) is 2.08. The lowest BCUT2D eigenvalue weighted by Gasteiger charge is -2.09. The third kappa shape index (κ3) is 1.80. The summed E-state index contributed by atoms with van der Waals surface area (Å²) in [6, 6.07) is 2.91. The van der Waals surface area contributed by atoms with Crippen molar-refractivity contribution in [1.82, 2.24) is 0 Å². The molecule has 66 valence electrons. The first-order valence-corrected chi connectivity index (χ1v) is 3.85. The van der Waals surface area contributed by atoms with Gasteiger partial charge in [-0.25, -0.2) is 8.78 Å². The van der Waals surface area contributed by atoms with Gasteiger partial charge in [0.15, 0.2) is 0 Å². The van der Waals surface area contributed by atoms with Crippen LogP contribution in [-0.2, 0) is 0 Å².